The zero-order valence-corrected chi connectivity index (χ0v) is 14.2. The Hall–Kier alpha value is -1.48. The number of rotatable bonds is 4. The molecule has 0 amide bonds. The molecule has 1 fully saturated rings. The van der Waals surface area contributed by atoms with E-state index in [0.29, 0.717) is 5.56 Å². The largest absolute Gasteiger partial charge is 0.465 e. The van der Waals surface area contributed by atoms with Gasteiger partial charge in [-0.2, -0.15) is 4.31 Å². The number of aryl methyl sites for hydroxylation is 1. The Labute approximate surface area is 135 Å². The van der Waals surface area contributed by atoms with Crippen molar-refractivity contribution in [3.05, 3.63) is 29.3 Å². The minimum atomic E-state index is -3.81. The summed E-state index contributed by atoms with van der Waals surface area (Å²) in [5.41, 5.74) is 0.716. The third kappa shape index (κ3) is 3.55. The molecule has 1 aliphatic heterocycles. The molecule has 0 saturated carbocycles. The first-order valence-corrected chi connectivity index (χ1v) is 8.68. The number of nitrogens with zero attached hydrogens (tertiary/aromatic N) is 1. The van der Waals surface area contributed by atoms with Crippen LogP contribution in [0.3, 0.4) is 0 Å². The van der Waals surface area contributed by atoms with E-state index in [1.165, 1.54) is 23.5 Å². The van der Waals surface area contributed by atoms with E-state index in [4.69, 9.17) is 4.74 Å². The van der Waals surface area contributed by atoms with Crippen molar-refractivity contribution in [2.24, 2.45) is 0 Å². The molecule has 1 aromatic rings. The second kappa shape index (κ2) is 6.96. The molecule has 0 aromatic heterocycles. The molecule has 0 aliphatic carbocycles. The summed E-state index contributed by atoms with van der Waals surface area (Å²) in [6.45, 7) is 3.44. The van der Waals surface area contributed by atoms with Gasteiger partial charge < -0.3 is 14.6 Å². The summed E-state index contributed by atoms with van der Waals surface area (Å²) in [7, 11) is -2.57. The molecule has 1 aromatic carbocycles. The van der Waals surface area contributed by atoms with Crippen LogP contribution in [0, 0.1) is 6.92 Å². The van der Waals surface area contributed by atoms with Crippen molar-refractivity contribution in [1.29, 1.82) is 0 Å². The van der Waals surface area contributed by atoms with Crippen LogP contribution in [-0.4, -0.2) is 62.8 Å². The first-order chi connectivity index (χ1) is 10.8. The van der Waals surface area contributed by atoms with E-state index in [1.807, 2.05) is 0 Å². The van der Waals surface area contributed by atoms with E-state index in [1.54, 1.807) is 19.9 Å². The number of sulfonamides is 1. The van der Waals surface area contributed by atoms with Crippen LogP contribution in [0.25, 0.3) is 0 Å². The lowest BCUT2D eigenvalue weighted by Crippen LogP contribution is -2.51. The molecular formula is C15H21NO6S. The molecule has 0 bridgehead atoms. The molecular weight excluding hydrogens is 322 g/mol. The van der Waals surface area contributed by atoms with Gasteiger partial charge in [0.1, 0.15) is 0 Å². The molecule has 2 rings (SSSR count). The van der Waals surface area contributed by atoms with Crippen molar-refractivity contribution in [1.82, 2.24) is 4.31 Å². The fourth-order valence-corrected chi connectivity index (χ4v) is 4.39. The van der Waals surface area contributed by atoms with Crippen molar-refractivity contribution < 1.29 is 27.8 Å². The highest BCUT2D eigenvalue weighted by Crippen LogP contribution is 2.26. The predicted octanol–water partition coefficient (Wildman–Crippen LogP) is 0.552. The molecule has 2 atom stereocenters. The van der Waals surface area contributed by atoms with E-state index in [9.17, 15) is 18.3 Å². The quantitative estimate of drug-likeness (QED) is 0.803. The van der Waals surface area contributed by atoms with Crippen molar-refractivity contribution in [3.63, 3.8) is 0 Å². The summed E-state index contributed by atoms with van der Waals surface area (Å²) in [4.78, 5) is 11.7. The number of benzene rings is 1. The number of carbonyl (C=O) groups is 1. The zero-order chi connectivity index (χ0) is 17.2. The number of ether oxygens (including phenoxy) is 2. The van der Waals surface area contributed by atoms with Gasteiger partial charge >= 0.3 is 5.97 Å². The fraction of sp³-hybridized carbons (Fsp3) is 0.533. The van der Waals surface area contributed by atoms with Gasteiger partial charge in [-0.25, -0.2) is 13.2 Å². The van der Waals surface area contributed by atoms with E-state index in [2.05, 4.69) is 4.74 Å². The maximum Gasteiger partial charge on any atom is 0.337 e. The molecule has 1 saturated heterocycles. The lowest BCUT2D eigenvalue weighted by atomic mass is 10.1. The van der Waals surface area contributed by atoms with Gasteiger partial charge in [-0.3, -0.25) is 0 Å². The smallest absolute Gasteiger partial charge is 0.337 e. The Morgan fingerprint density at radius 2 is 2.17 bits per heavy atom. The number of aliphatic hydroxyl groups excluding tert-OH is 1. The number of aliphatic hydroxyl groups is 1. The Kier molecular flexibility index (Phi) is 5.41. The van der Waals surface area contributed by atoms with Gasteiger partial charge in [0, 0.05) is 12.6 Å². The highest BCUT2D eigenvalue weighted by molar-refractivity contribution is 7.89. The van der Waals surface area contributed by atoms with Crippen LogP contribution in [0.2, 0.25) is 0 Å². The standard InChI is InChI=1S/C15H21NO6S/c1-10-4-5-12(15(18)21-3)6-14(10)23(19,20)16-7-13(8-17)22-9-11(16)2/h4-6,11,13,17H,7-9H2,1-3H3/t11-,13+/m0/s1. The molecule has 1 heterocycles. The molecule has 8 heteroatoms. The van der Waals surface area contributed by atoms with Gasteiger partial charge in [0.2, 0.25) is 10.0 Å². The second-order valence-electron chi connectivity index (χ2n) is 5.53. The van der Waals surface area contributed by atoms with E-state index in [-0.39, 0.29) is 36.3 Å². The fourth-order valence-electron chi connectivity index (χ4n) is 2.49. The Morgan fingerprint density at radius 1 is 1.48 bits per heavy atom. The monoisotopic (exact) mass is 343 g/mol. The average Bonchev–Trinajstić information content (AvgIpc) is 2.54. The minimum Gasteiger partial charge on any atom is -0.465 e. The van der Waals surface area contributed by atoms with Crippen molar-refractivity contribution in [3.8, 4) is 0 Å². The summed E-state index contributed by atoms with van der Waals surface area (Å²) >= 11 is 0. The topological polar surface area (TPSA) is 93.1 Å². The number of carbonyl (C=O) groups excluding carboxylic acids is 1. The number of esters is 1. The van der Waals surface area contributed by atoms with Gasteiger partial charge in [0.05, 0.1) is 36.9 Å². The molecule has 7 nitrogen and oxygen atoms in total. The van der Waals surface area contributed by atoms with Crippen LogP contribution < -0.4 is 0 Å². The van der Waals surface area contributed by atoms with Crippen LogP contribution in [0.5, 0.6) is 0 Å². The Balaban J connectivity index is 2.44. The van der Waals surface area contributed by atoms with E-state index < -0.39 is 22.1 Å². The third-order valence-corrected chi connectivity index (χ3v) is 5.97. The molecule has 1 aliphatic rings. The number of hydrogen-bond donors (Lipinski definition) is 1. The SMILES string of the molecule is COC(=O)c1ccc(C)c(S(=O)(=O)N2C[C@H](CO)OC[C@@H]2C)c1. The molecule has 23 heavy (non-hydrogen) atoms. The zero-order valence-electron chi connectivity index (χ0n) is 13.4. The lowest BCUT2D eigenvalue weighted by molar-refractivity contribution is -0.0516. The molecule has 1 N–H and O–H groups in total. The van der Waals surface area contributed by atoms with Gasteiger partial charge in [-0.1, -0.05) is 6.07 Å². The van der Waals surface area contributed by atoms with Gasteiger partial charge in [0.25, 0.3) is 0 Å². The van der Waals surface area contributed by atoms with Crippen molar-refractivity contribution in [2.45, 2.75) is 30.9 Å². The van der Waals surface area contributed by atoms with Crippen LogP contribution in [-0.2, 0) is 19.5 Å². The normalized spacial score (nSPS) is 22.8. The Bertz CT molecular complexity index is 687. The van der Waals surface area contributed by atoms with Crippen LogP contribution in [0.4, 0.5) is 0 Å². The Morgan fingerprint density at radius 3 is 2.78 bits per heavy atom. The van der Waals surface area contributed by atoms with Crippen LogP contribution in [0.15, 0.2) is 23.1 Å². The average molecular weight is 343 g/mol. The molecule has 128 valence electrons. The summed E-state index contributed by atoms with van der Waals surface area (Å²) in [5.74, 6) is -0.593. The lowest BCUT2D eigenvalue weighted by Gasteiger charge is -2.36. The van der Waals surface area contributed by atoms with Crippen LogP contribution in [0.1, 0.15) is 22.8 Å². The summed E-state index contributed by atoms with van der Waals surface area (Å²) < 4.78 is 37.3. The van der Waals surface area contributed by atoms with Gasteiger partial charge in [-0.05, 0) is 31.5 Å². The maximum absolute atomic E-state index is 13.0. The second-order valence-corrected chi connectivity index (χ2v) is 7.39. The molecule has 0 unspecified atom stereocenters. The summed E-state index contributed by atoms with van der Waals surface area (Å²) in [6.07, 6.45) is -0.551. The van der Waals surface area contributed by atoms with Gasteiger partial charge in [-0.15, -0.1) is 0 Å². The highest BCUT2D eigenvalue weighted by Gasteiger charge is 2.36. The molecule has 0 spiro atoms. The summed E-state index contributed by atoms with van der Waals surface area (Å²) in [6, 6.07) is 4.07. The first kappa shape index (κ1) is 17.9. The third-order valence-electron chi connectivity index (χ3n) is 3.85. The van der Waals surface area contributed by atoms with Crippen LogP contribution >= 0.6 is 0 Å². The maximum atomic E-state index is 13.0. The molecule has 0 radical (unpaired) electrons. The minimum absolute atomic E-state index is 0.0610. The van der Waals surface area contributed by atoms with Gasteiger partial charge in [0.15, 0.2) is 0 Å². The first-order valence-electron chi connectivity index (χ1n) is 7.24. The summed E-state index contributed by atoms with van der Waals surface area (Å²) in [5, 5.41) is 9.23. The van der Waals surface area contributed by atoms with E-state index >= 15 is 0 Å². The van der Waals surface area contributed by atoms with E-state index in [0.717, 1.165) is 0 Å². The highest BCUT2D eigenvalue weighted by atomic mass is 32.2. The number of morpholine rings is 1. The number of methoxy groups -OCH3 is 1. The predicted molar refractivity (Wildman–Crippen MR) is 82.7 cm³/mol. The van der Waals surface area contributed by atoms with Crippen molar-refractivity contribution in [2.75, 3.05) is 26.9 Å². The van der Waals surface area contributed by atoms with Crippen molar-refractivity contribution >= 4 is 16.0 Å². The number of hydrogen-bond acceptors (Lipinski definition) is 6.